The van der Waals surface area contributed by atoms with Crippen LogP contribution in [0.15, 0.2) is 0 Å². The second-order valence-electron chi connectivity index (χ2n) is 6.50. The lowest BCUT2D eigenvalue weighted by Gasteiger charge is -2.32. The number of hydrogen-bond donors (Lipinski definition) is 1. The molecule has 0 saturated heterocycles. The number of carbonyl (C=O) groups is 1. The Morgan fingerprint density at radius 3 is 2.63 bits per heavy atom. The zero-order chi connectivity index (χ0) is 13.8. The lowest BCUT2D eigenvalue weighted by molar-refractivity contribution is -0.149. The molecule has 110 valence electrons. The van der Waals surface area contributed by atoms with E-state index in [1.165, 1.54) is 19.3 Å². The first kappa shape index (κ1) is 14.8. The summed E-state index contributed by atoms with van der Waals surface area (Å²) in [4.78, 5) is 11.8. The summed E-state index contributed by atoms with van der Waals surface area (Å²) in [6.07, 6.45) is 6.98. The highest BCUT2D eigenvalue weighted by molar-refractivity contribution is 5.72. The first-order valence-electron chi connectivity index (χ1n) is 8.04. The third-order valence-corrected chi connectivity index (χ3v) is 5.21. The van der Waals surface area contributed by atoms with Crippen molar-refractivity contribution in [3.05, 3.63) is 0 Å². The second kappa shape index (κ2) is 6.74. The van der Waals surface area contributed by atoms with Gasteiger partial charge in [0.15, 0.2) is 0 Å². The molecule has 0 aliphatic heterocycles. The molecule has 2 aliphatic carbocycles. The van der Waals surface area contributed by atoms with E-state index in [9.17, 15) is 4.79 Å². The third-order valence-electron chi connectivity index (χ3n) is 5.21. The van der Waals surface area contributed by atoms with Gasteiger partial charge >= 0.3 is 5.97 Å². The minimum absolute atomic E-state index is 0.0156. The van der Waals surface area contributed by atoms with Crippen LogP contribution in [0.2, 0.25) is 0 Å². The maximum Gasteiger partial charge on any atom is 0.308 e. The van der Waals surface area contributed by atoms with Gasteiger partial charge in [-0.05, 0) is 50.9 Å². The molecule has 0 bridgehead atoms. The Morgan fingerprint density at radius 1 is 1.21 bits per heavy atom. The number of hydrogen-bond acceptors (Lipinski definition) is 3. The molecule has 2 rings (SSSR count). The highest BCUT2D eigenvalue weighted by atomic mass is 16.5. The van der Waals surface area contributed by atoms with Gasteiger partial charge in [-0.25, -0.2) is 0 Å². The van der Waals surface area contributed by atoms with Crippen LogP contribution in [0.25, 0.3) is 0 Å². The molecule has 0 amide bonds. The normalized spacial score (nSPS) is 39.2. The fourth-order valence-corrected chi connectivity index (χ4v) is 3.72. The molecule has 0 aromatic carbocycles. The van der Waals surface area contributed by atoms with Crippen LogP contribution in [0.3, 0.4) is 0 Å². The van der Waals surface area contributed by atoms with Crippen LogP contribution in [0.5, 0.6) is 0 Å². The molecule has 2 saturated carbocycles. The van der Waals surface area contributed by atoms with E-state index >= 15 is 0 Å². The van der Waals surface area contributed by atoms with E-state index in [4.69, 9.17) is 4.74 Å². The van der Waals surface area contributed by atoms with E-state index in [0.29, 0.717) is 18.7 Å². The van der Waals surface area contributed by atoms with Crippen LogP contribution in [-0.2, 0) is 9.53 Å². The highest BCUT2D eigenvalue weighted by Gasteiger charge is 2.34. The molecule has 5 unspecified atom stereocenters. The summed E-state index contributed by atoms with van der Waals surface area (Å²) in [6, 6.07) is 1.17. The van der Waals surface area contributed by atoms with Crippen LogP contribution in [0.4, 0.5) is 0 Å². The van der Waals surface area contributed by atoms with Crippen LogP contribution >= 0.6 is 0 Å². The summed E-state index contributed by atoms with van der Waals surface area (Å²) < 4.78 is 5.17. The van der Waals surface area contributed by atoms with Crippen molar-refractivity contribution in [2.75, 3.05) is 6.61 Å². The molecule has 19 heavy (non-hydrogen) atoms. The Hall–Kier alpha value is -0.570. The van der Waals surface area contributed by atoms with E-state index < -0.39 is 0 Å². The van der Waals surface area contributed by atoms with Gasteiger partial charge in [-0.1, -0.05) is 20.3 Å². The molecule has 1 N–H and O–H groups in total. The molecular weight excluding hydrogens is 238 g/mol. The van der Waals surface area contributed by atoms with Crippen LogP contribution in [-0.4, -0.2) is 24.7 Å². The van der Waals surface area contributed by atoms with Gasteiger partial charge in [0, 0.05) is 12.1 Å². The van der Waals surface area contributed by atoms with E-state index in [0.717, 1.165) is 31.1 Å². The van der Waals surface area contributed by atoms with Crippen molar-refractivity contribution in [1.29, 1.82) is 0 Å². The molecule has 5 atom stereocenters. The summed E-state index contributed by atoms with van der Waals surface area (Å²) in [6.45, 7) is 7.11. The smallest absolute Gasteiger partial charge is 0.308 e. The van der Waals surface area contributed by atoms with Gasteiger partial charge in [-0.15, -0.1) is 0 Å². The number of esters is 1. The third kappa shape index (κ3) is 3.71. The Labute approximate surface area is 117 Å². The Balaban J connectivity index is 1.82. The molecule has 0 aromatic heterocycles. The predicted octanol–water partition coefficient (Wildman–Crippen LogP) is 3.13. The van der Waals surface area contributed by atoms with Gasteiger partial charge < -0.3 is 10.1 Å². The van der Waals surface area contributed by atoms with Crippen LogP contribution in [0.1, 0.15) is 59.3 Å². The monoisotopic (exact) mass is 267 g/mol. The number of ether oxygens (including phenoxy) is 1. The SMILES string of the molecule is CCOC(=O)C1CCCC(NC2CCC(C)C2C)C1. The summed E-state index contributed by atoms with van der Waals surface area (Å²) in [5.41, 5.74) is 0. The first-order chi connectivity index (χ1) is 9.11. The molecule has 0 heterocycles. The quantitative estimate of drug-likeness (QED) is 0.795. The molecule has 0 radical (unpaired) electrons. The maximum absolute atomic E-state index is 11.8. The molecular formula is C16H29NO2. The van der Waals surface area contributed by atoms with Gasteiger partial charge in [-0.3, -0.25) is 4.79 Å². The minimum Gasteiger partial charge on any atom is -0.466 e. The Morgan fingerprint density at radius 2 is 2.00 bits per heavy atom. The Bertz CT molecular complexity index is 305. The standard InChI is InChI=1S/C16H29NO2/c1-4-19-16(18)13-6-5-7-14(10-13)17-15-9-8-11(2)12(15)3/h11-15,17H,4-10H2,1-3H3. The van der Waals surface area contributed by atoms with Crippen molar-refractivity contribution in [2.24, 2.45) is 17.8 Å². The lowest BCUT2D eigenvalue weighted by atomic mass is 9.85. The summed E-state index contributed by atoms with van der Waals surface area (Å²) >= 11 is 0. The van der Waals surface area contributed by atoms with Crippen molar-refractivity contribution in [3.63, 3.8) is 0 Å². The van der Waals surface area contributed by atoms with Crippen molar-refractivity contribution >= 4 is 5.97 Å². The zero-order valence-corrected chi connectivity index (χ0v) is 12.7. The van der Waals surface area contributed by atoms with Crippen molar-refractivity contribution in [3.8, 4) is 0 Å². The summed E-state index contributed by atoms with van der Waals surface area (Å²) in [5, 5.41) is 3.82. The lowest BCUT2D eigenvalue weighted by Crippen LogP contribution is -2.44. The fraction of sp³-hybridized carbons (Fsp3) is 0.938. The van der Waals surface area contributed by atoms with Gasteiger partial charge in [0.05, 0.1) is 12.5 Å². The summed E-state index contributed by atoms with van der Waals surface area (Å²) in [5.74, 6) is 1.74. The van der Waals surface area contributed by atoms with E-state index in [2.05, 4.69) is 19.2 Å². The van der Waals surface area contributed by atoms with Gasteiger partial charge in [-0.2, -0.15) is 0 Å². The summed E-state index contributed by atoms with van der Waals surface area (Å²) in [7, 11) is 0. The molecule has 2 fully saturated rings. The van der Waals surface area contributed by atoms with Crippen LogP contribution in [0, 0.1) is 17.8 Å². The number of nitrogens with one attached hydrogen (secondary N) is 1. The van der Waals surface area contributed by atoms with Crippen molar-refractivity contribution < 1.29 is 9.53 Å². The average Bonchev–Trinajstić information content (AvgIpc) is 2.71. The van der Waals surface area contributed by atoms with E-state index in [1.807, 2.05) is 6.92 Å². The topological polar surface area (TPSA) is 38.3 Å². The predicted molar refractivity (Wildman–Crippen MR) is 76.9 cm³/mol. The molecule has 2 aliphatic rings. The molecule has 3 nitrogen and oxygen atoms in total. The van der Waals surface area contributed by atoms with Gasteiger partial charge in [0.1, 0.15) is 0 Å². The number of carbonyl (C=O) groups excluding carboxylic acids is 1. The highest BCUT2D eigenvalue weighted by Crippen LogP contribution is 2.33. The van der Waals surface area contributed by atoms with Crippen molar-refractivity contribution in [1.82, 2.24) is 5.32 Å². The maximum atomic E-state index is 11.8. The minimum atomic E-state index is 0.0156. The molecule has 0 spiro atoms. The molecule has 3 heteroatoms. The van der Waals surface area contributed by atoms with Crippen LogP contribution < -0.4 is 5.32 Å². The molecule has 0 aromatic rings. The van der Waals surface area contributed by atoms with Crippen molar-refractivity contribution in [2.45, 2.75) is 71.4 Å². The largest absolute Gasteiger partial charge is 0.466 e. The van der Waals surface area contributed by atoms with Gasteiger partial charge in [0.2, 0.25) is 0 Å². The fourth-order valence-electron chi connectivity index (χ4n) is 3.72. The first-order valence-corrected chi connectivity index (χ1v) is 8.04. The second-order valence-corrected chi connectivity index (χ2v) is 6.50. The average molecular weight is 267 g/mol. The van der Waals surface area contributed by atoms with E-state index in [1.54, 1.807) is 0 Å². The number of rotatable bonds is 4. The Kier molecular flexibility index (Phi) is 5.26. The van der Waals surface area contributed by atoms with Gasteiger partial charge in [0.25, 0.3) is 0 Å². The zero-order valence-electron chi connectivity index (χ0n) is 12.7. The van der Waals surface area contributed by atoms with E-state index in [-0.39, 0.29) is 11.9 Å².